The zero-order chi connectivity index (χ0) is 18.5. The number of hydrogen-bond donors (Lipinski definition) is 1. The molecule has 0 amide bonds. The Morgan fingerprint density at radius 2 is 2.00 bits per heavy atom. The lowest BCUT2D eigenvalue weighted by Crippen LogP contribution is -2.19. The van der Waals surface area contributed by atoms with Crippen LogP contribution in [0.2, 0.25) is 0 Å². The average molecular weight is 304 g/mol. The van der Waals surface area contributed by atoms with Gasteiger partial charge in [-0.2, -0.15) is 0 Å². The van der Waals surface area contributed by atoms with Gasteiger partial charge in [0.15, 0.2) is 0 Å². The highest BCUT2D eigenvalue weighted by atomic mass is 16.4. The van der Waals surface area contributed by atoms with Gasteiger partial charge in [-0.1, -0.05) is 55.3 Å². The molecule has 0 heterocycles. The molecule has 1 aliphatic rings. The van der Waals surface area contributed by atoms with Gasteiger partial charge < -0.3 is 5.11 Å². The molecule has 22 heavy (non-hydrogen) atoms. The minimum atomic E-state index is -1.10. The summed E-state index contributed by atoms with van der Waals surface area (Å²) in [6.45, 7) is 10.1. The van der Waals surface area contributed by atoms with Crippen molar-refractivity contribution in [1.82, 2.24) is 0 Å². The molecule has 2 nitrogen and oxygen atoms in total. The largest absolute Gasteiger partial charge is 0.478 e. The number of rotatable bonds is 5. The average Bonchev–Trinajstić information content (AvgIpc) is 2.44. The Kier molecular flexibility index (Phi) is 5.47. The van der Waals surface area contributed by atoms with Crippen LogP contribution < -0.4 is 0 Å². The lowest BCUT2D eigenvalue weighted by molar-refractivity contribution is -0.131. The van der Waals surface area contributed by atoms with Crippen LogP contribution in [0.4, 0.5) is 0 Å². The maximum absolute atomic E-state index is 10.7. The van der Waals surface area contributed by atoms with Crippen molar-refractivity contribution in [2.75, 3.05) is 0 Å². The molecule has 0 aliphatic heterocycles. The van der Waals surface area contributed by atoms with Crippen molar-refractivity contribution in [3.05, 3.63) is 58.7 Å². The summed E-state index contributed by atoms with van der Waals surface area (Å²) in [5, 5.41) is 8.72. The quantitative estimate of drug-likeness (QED) is 0.530. The third-order valence-electron chi connectivity index (χ3n) is 3.96. The van der Waals surface area contributed by atoms with Crippen molar-refractivity contribution in [1.29, 1.82) is 0 Å². The Morgan fingerprint density at radius 3 is 2.59 bits per heavy atom. The number of hydrogen-bond acceptors (Lipinski definition) is 1. The molecule has 120 valence electrons. The third kappa shape index (κ3) is 5.88. The molecule has 0 spiro atoms. The fourth-order valence-electron chi connectivity index (χ4n) is 2.76. The molecule has 0 aromatic rings. The highest BCUT2D eigenvalue weighted by Gasteiger charge is 2.26. The van der Waals surface area contributed by atoms with Crippen molar-refractivity contribution >= 4 is 5.97 Å². The van der Waals surface area contributed by atoms with Gasteiger partial charge in [0.2, 0.25) is 0 Å². The Morgan fingerprint density at radius 1 is 1.32 bits per heavy atom. The van der Waals surface area contributed by atoms with Crippen LogP contribution >= 0.6 is 0 Å². The van der Waals surface area contributed by atoms with Gasteiger partial charge in [-0.05, 0) is 56.6 Å². The lowest BCUT2D eigenvalue weighted by Gasteiger charge is -2.32. The van der Waals surface area contributed by atoms with E-state index in [9.17, 15) is 4.79 Å². The van der Waals surface area contributed by atoms with Gasteiger partial charge in [0.25, 0.3) is 0 Å². The predicted octanol–water partition coefficient (Wildman–Crippen LogP) is 5.60. The Hall–Kier alpha value is -1.83. The zero-order valence-electron chi connectivity index (χ0n) is 16.3. The van der Waals surface area contributed by atoms with Crippen molar-refractivity contribution in [3.8, 4) is 0 Å². The van der Waals surface area contributed by atoms with Crippen molar-refractivity contribution in [3.63, 3.8) is 0 Å². The monoisotopic (exact) mass is 304 g/mol. The van der Waals surface area contributed by atoms with Gasteiger partial charge in [0, 0.05) is 6.08 Å². The molecule has 0 fully saturated rings. The van der Waals surface area contributed by atoms with Gasteiger partial charge in [0.1, 0.15) is 0 Å². The van der Waals surface area contributed by atoms with Gasteiger partial charge in [-0.15, -0.1) is 0 Å². The van der Waals surface area contributed by atoms with E-state index < -0.39 is 5.97 Å². The molecule has 0 saturated carbocycles. The molecular weight excluding hydrogens is 272 g/mol. The van der Waals surface area contributed by atoms with Gasteiger partial charge in [-0.3, -0.25) is 0 Å². The molecular formula is C20H28O2. The van der Waals surface area contributed by atoms with Gasteiger partial charge in [-0.25, -0.2) is 4.79 Å². The van der Waals surface area contributed by atoms with Gasteiger partial charge in [0.05, 0.1) is 2.74 Å². The van der Waals surface area contributed by atoms with E-state index in [1.54, 1.807) is 6.08 Å². The topological polar surface area (TPSA) is 37.3 Å². The van der Waals surface area contributed by atoms with E-state index in [1.165, 1.54) is 30.9 Å². The Bertz CT molecular complexity index is 659. The maximum Gasteiger partial charge on any atom is 0.328 e. The molecule has 1 aliphatic carbocycles. The molecule has 0 saturated heterocycles. The normalized spacial score (nSPS) is 22.4. The molecule has 0 aromatic heterocycles. The van der Waals surface area contributed by atoms with Crippen LogP contribution in [0.25, 0.3) is 0 Å². The summed E-state index contributed by atoms with van der Waals surface area (Å²) in [7, 11) is 0. The fourth-order valence-corrected chi connectivity index (χ4v) is 2.76. The van der Waals surface area contributed by atoms with Crippen LogP contribution in [-0.2, 0) is 4.79 Å². The lowest BCUT2D eigenvalue weighted by atomic mass is 9.72. The summed E-state index contributed by atoms with van der Waals surface area (Å²) in [5.41, 5.74) is 4.07. The molecule has 2 heteroatoms. The molecule has 1 N–H and O–H groups in total. The second-order valence-electron chi connectivity index (χ2n) is 6.59. The standard InChI is InChI=1S/C20H28O2/c1-15(8-6-9-16(2)14-19(21)22)11-12-18-17(3)10-7-13-20(18,4)5/h6,8-9,11-12,14H,7,10,13H2,1-5H3,(H,21,22)/i6T,9T. The SMILES string of the molecule is [3H]C(C=C(C)C=CC1=C(C)CCCC1(C)C)=C([3H])C(C)=CC(=O)O. The highest BCUT2D eigenvalue weighted by Crippen LogP contribution is 2.40. The van der Waals surface area contributed by atoms with Gasteiger partial charge >= 0.3 is 5.97 Å². The second-order valence-corrected chi connectivity index (χ2v) is 6.59. The Balaban J connectivity index is 3.04. The Labute approximate surface area is 137 Å². The summed E-state index contributed by atoms with van der Waals surface area (Å²) in [4.78, 5) is 10.7. The summed E-state index contributed by atoms with van der Waals surface area (Å²) in [6.07, 6.45) is 10.2. The van der Waals surface area contributed by atoms with E-state index in [1.807, 2.05) is 13.0 Å². The van der Waals surface area contributed by atoms with E-state index in [0.29, 0.717) is 0 Å². The van der Waals surface area contributed by atoms with Crippen LogP contribution in [0.15, 0.2) is 58.7 Å². The minimum absolute atomic E-state index is 0.0146. The number of carboxylic acid groups (broad SMARTS) is 1. The fraction of sp³-hybridized carbons (Fsp3) is 0.450. The molecule has 0 unspecified atom stereocenters. The number of aliphatic carboxylic acids is 1. The number of allylic oxidation sites excluding steroid dienone is 9. The zero-order valence-corrected chi connectivity index (χ0v) is 14.3. The van der Waals surface area contributed by atoms with Crippen LogP contribution in [0.1, 0.15) is 56.6 Å². The van der Waals surface area contributed by atoms with E-state index in [-0.39, 0.29) is 23.1 Å². The maximum atomic E-state index is 10.7. The first-order valence-electron chi connectivity index (χ1n) is 8.70. The van der Waals surface area contributed by atoms with Crippen LogP contribution in [0.3, 0.4) is 0 Å². The second kappa shape index (κ2) is 7.98. The van der Waals surface area contributed by atoms with E-state index in [0.717, 1.165) is 18.1 Å². The van der Waals surface area contributed by atoms with Crippen LogP contribution in [0.5, 0.6) is 0 Å². The van der Waals surface area contributed by atoms with Crippen molar-refractivity contribution in [2.45, 2.75) is 53.9 Å². The molecule has 0 aromatic carbocycles. The first-order valence-corrected chi connectivity index (χ1v) is 7.70. The highest BCUT2D eigenvalue weighted by molar-refractivity contribution is 5.81. The molecule has 0 radical (unpaired) electrons. The summed E-state index contributed by atoms with van der Waals surface area (Å²) in [5.74, 6) is -1.10. The number of carbonyl (C=O) groups is 1. The van der Waals surface area contributed by atoms with Crippen molar-refractivity contribution < 1.29 is 12.6 Å². The molecule has 0 bridgehead atoms. The summed E-state index contributed by atoms with van der Waals surface area (Å²) >= 11 is 0. The van der Waals surface area contributed by atoms with Crippen molar-refractivity contribution in [2.24, 2.45) is 5.41 Å². The number of carboxylic acids is 1. The van der Waals surface area contributed by atoms with E-state index in [2.05, 4.69) is 26.8 Å². The predicted molar refractivity (Wildman–Crippen MR) is 93.8 cm³/mol. The summed E-state index contributed by atoms with van der Waals surface area (Å²) < 4.78 is 15.8. The van der Waals surface area contributed by atoms with E-state index in [4.69, 9.17) is 7.85 Å². The van der Waals surface area contributed by atoms with Crippen LogP contribution in [-0.4, -0.2) is 11.1 Å². The minimum Gasteiger partial charge on any atom is -0.478 e. The molecule has 1 rings (SSSR count). The van der Waals surface area contributed by atoms with Crippen LogP contribution in [0, 0.1) is 5.41 Å². The first kappa shape index (κ1) is 15.1. The molecule has 0 atom stereocenters. The smallest absolute Gasteiger partial charge is 0.328 e. The first-order chi connectivity index (χ1) is 11.0. The summed E-state index contributed by atoms with van der Waals surface area (Å²) in [6, 6.07) is -0.0562. The van der Waals surface area contributed by atoms with E-state index >= 15 is 0 Å². The third-order valence-corrected chi connectivity index (χ3v) is 3.96.